The van der Waals surface area contributed by atoms with Crippen molar-refractivity contribution in [3.05, 3.63) is 29.3 Å². The van der Waals surface area contributed by atoms with Gasteiger partial charge in [-0.25, -0.2) is 0 Å². The summed E-state index contributed by atoms with van der Waals surface area (Å²) in [5, 5.41) is 8.86. The largest absolute Gasteiger partial charge is 0.490 e. The van der Waals surface area contributed by atoms with E-state index in [1.54, 1.807) is 0 Å². The average Bonchev–Trinajstić information content (AvgIpc) is 2.85. The minimum atomic E-state index is -0.187. The van der Waals surface area contributed by atoms with Crippen molar-refractivity contribution < 1.29 is 19.4 Å². The highest BCUT2D eigenvalue weighted by Crippen LogP contribution is 2.33. The van der Waals surface area contributed by atoms with Gasteiger partial charge in [-0.05, 0) is 30.9 Å². The van der Waals surface area contributed by atoms with E-state index in [-0.39, 0.29) is 18.7 Å². The standard InChI is InChI=1S/C15H20O4/c1-18-15(17)8-7-11-4-2-6-14-13(11)10-12(19-14)5-3-9-16/h2,4,6,12,16H,3,5,7-10H2,1H3. The fourth-order valence-corrected chi connectivity index (χ4v) is 2.46. The molecule has 4 nitrogen and oxygen atoms in total. The lowest BCUT2D eigenvalue weighted by Crippen LogP contribution is -2.13. The minimum absolute atomic E-state index is 0.154. The fraction of sp³-hybridized carbons (Fsp3) is 0.533. The van der Waals surface area contributed by atoms with Crippen LogP contribution >= 0.6 is 0 Å². The summed E-state index contributed by atoms with van der Waals surface area (Å²) in [6.07, 6.45) is 3.73. The molecule has 1 aliphatic heterocycles. The first kappa shape index (κ1) is 13.9. The van der Waals surface area contributed by atoms with Gasteiger partial charge in [0.2, 0.25) is 0 Å². The van der Waals surface area contributed by atoms with Gasteiger partial charge in [-0.2, -0.15) is 0 Å². The number of ether oxygens (including phenoxy) is 2. The number of rotatable bonds is 6. The Morgan fingerprint density at radius 1 is 1.53 bits per heavy atom. The highest BCUT2D eigenvalue weighted by Gasteiger charge is 2.24. The molecule has 0 bridgehead atoms. The first-order chi connectivity index (χ1) is 9.24. The maximum atomic E-state index is 11.2. The molecule has 0 spiro atoms. The van der Waals surface area contributed by atoms with E-state index in [0.29, 0.717) is 12.8 Å². The smallest absolute Gasteiger partial charge is 0.305 e. The first-order valence-corrected chi connectivity index (χ1v) is 6.69. The molecule has 0 amide bonds. The van der Waals surface area contributed by atoms with Crippen LogP contribution in [0.4, 0.5) is 0 Å². The van der Waals surface area contributed by atoms with Crippen LogP contribution in [0.3, 0.4) is 0 Å². The summed E-state index contributed by atoms with van der Waals surface area (Å²) in [5.41, 5.74) is 2.36. The zero-order chi connectivity index (χ0) is 13.7. The van der Waals surface area contributed by atoms with Gasteiger partial charge in [0, 0.05) is 25.0 Å². The number of carbonyl (C=O) groups is 1. The molecule has 1 N–H and O–H groups in total. The second kappa shape index (κ2) is 6.57. The second-order valence-corrected chi connectivity index (χ2v) is 4.78. The monoisotopic (exact) mass is 264 g/mol. The molecule has 2 rings (SSSR count). The van der Waals surface area contributed by atoms with E-state index in [1.807, 2.05) is 18.2 Å². The summed E-state index contributed by atoms with van der Waals surface area (Å²) in [6.45, 7) is 0.200. The highest BCUT2D eigenvalue weighted by atomic mass is 16.5. The molecule has 104 valence electrons. The summed E-state index contributed by atoms with van der Waals surface area (Å²) in [4.78, 5) is 11.2. The Morgan fingerprint density at radius 2 is 2.37 bits per heavy atom. The van der Waals surface area contributed by atoms with Crippen molar-refractivity contribution in [1.29, 1.82) is 0 Å². The van der Waals surface area contributed by atoms with Gasteiger partial charge in [0.1, 0.15) is 11.9 Å². The van der Waals surface area contributed by atoms with Gasteiger partial charge >= 0.3 is 5.97 Å². The maximum Gasteiger partial charge on any atom is 0.305 e. The third-order valence-electron chi connectivity index (χ3n) is 3.47. The number of hydrogen-bond donors (Lipinski definition) is 1. The van der Waals surface area contributed by atoms with E-state index in [0.717, 1.165) is 30.6 Å². The van der Waals surface area contributed by atoms with Crippen LogP contribution in [0.5, 0.6) is 5.75 Å². The number of aryl methyl sites for hydroxylation is 1. The van der Waals surface area contributed by atoms with E-state index in [9.17, 15) is 4.79 Å². The van der Waals surface area contributed by atoms with Crippen molar-refractivity contribution in [2.75, 3.05) is 13.7 Å². The lowest BCUT2D eigenvalue weighted by atomic mass is 9.98. The van der Waals surface area contributed by atoms with Crippen molar-refractivity contribution in [3.63, 3.8) is 0 Å². The molecular weight excluding hydrogens is 244 g/mol. The number of aliphatic hydroxyl groups excluding tert-OH is 1. The topological polar surface area (TPSA) is 55.8 Å². The number of carbonyl (C=O) groups excluding carboxylic acids is 1. The molecule has 4 heteroatoms. The molecule has 1 aliphatic rings. The van der Waals surface area contributed by atoms with Crippen molar-refractivity contribution in [2.45, 2.75) is 38.2 Å². The van der Waals surface area contributed by atoms with E-state index in [1.165, 1.54) is 12.7 Å². The number of benzene rings is 1. The zero-order valence-corrected chi connectivity index (χ0v) is 11.2. The van der Waals surface area contributed by atoms with Gasteiger partial charge in [-0.1, -0.05) is 12.1 Å². The van der Waals surface area contributed by atoms with Gasteiger partial charge in [-0.3, -0.25) is 4.79 Å². The second-order valence-electron chi connectivity index (χ2n) is 4.78. The predicted octanol–water partition coefficient (Wildman–Crippen LogP) is 1.87. The normalized spacial score (nSPS) is 16.8. The Balaban J connectivity index is 2.01. The zero-order valence-electron chi connectivity index (χ0n) is 11.2. The van der Waals surface area contributed by atoms with E-state index < -0.39 is 0 Å². The number of fused-ring (bicyclic) bond motifs is 1. The number of methoxy groups -OCH3 is 1. The van der Waals surface area contributed by atoms with Crippen molar-refractivity contribution in [2.24, 2.45) is 0 Å². The quantitative estimate of drug-likeness (QED) is 0.797. The molecule has 19 heavy (non-hydrogen) atoms. The molecule has 0 aliphatic carbocycles. The van der Waals surface area contributed by atoms with E-state index >= 15 is 0 Å². The molecule has 0 fully saturated rings. The molecule has 0 radical (unpaired) electrons. The molecule has 1 atom stereocenters. The molecule has 0 saturated heterocycles. The lowest BCUT2D eigenvalue weighted by molar-refractivity contribution is -0.140. The number of hydrogen-bond acceptors (Lipinski definition) is 4. The Bertz CT molecular complexity index is 442. The molecule has 1 heterocycles. The molecule has 0 aromatic heterocycles. The van der Waals surface area contributed by atoms with Crippen molar-refractivity contribution in [1.82, 2.24) is 0 Å². The van der Waals surface area contributed by atoms with Crippen LogP contribution in [0.1, 0.15) is 30.4 Å². The van der Waals surface area contributed by atoms with Crippen molar-refractivity contribution in [3.8, 4) is 5.75 Å². The number of aliphatic hydroxyl groups is 1. The van der Waals surface area contributed by atoms with Crippen LogP contribution in [-0.2, 0) is 22.4 Å². The summed E-state index contributed by atoms with van der Waals surface area (Å²) in [7, 11) is 1.41. The van der Waals surface area contributed by atoms with Crippen LogP contribution in [-0.4, -0.2) is 30.9 Å². The summed E-state index contributed by atoms with van der Waals surface area (Å²) in [5.74, 6) is 0.735. The Morgan fingerprint density at radius 3 is 3.11 bits per heavy atom. The van der Waals surface area contributed by atoms with Gasteiger partial charge in [0.15, 0.2) is 0 Å². The van der Waals surface area contributed by atoms with Crippen LogP contribution < -0.4 is 4.74 Å². The Kier molecular flexibility index (Phi) is 4.80. The maximum absolute atomic E-state index is 11.2. The average molecular weight is 264 g/mol. The van der Waals surface area contributed by atoms with E-state index in [2.05, 4.69) is 4.74 Å². The summed E-state index contributed by atoms with van der Waals surface area (Å²) < 4.78 is 10.5. The van der Waals surface area contributed by atoms with Gasteiger partial charge < -0.3 is 14.6 Å². The van der Waals surface area contributed by atoms with Crippen molar-refractivity contribution >= 4 is 5.97 Å². The Labute approximate surface area is 113 Å². The van der Waals surface area contributed by atoms with Crippen LogP contribution in [0.2, 0.25) is 0 Å². The summed E-state index contributed by atoms with van der Waals surface area (Å²) in [6, 6.07) is 5.97. The third-order valence-corrected chi connectivity index (χ3v) is 3.47. The van der Waals surface area contributed by atoms with Crippen LogP contribution in [0.25, 0.3) is 0 Å². The van der Waals surface area contributed by atoms with Crippen LogP contribution in [0.15, 0.2) is 18.2 Å². The predicted molar refractivity (Wildman–Crippen MR) is 71.2 cm³/mol. The Hall–Kier alpha value is -1.55. The first-order valence-electron chi connectivity index (χ1n) is 6.69. The van der Waals surface area contributed by atoms with Gasteiger partial charge in [0.05, 0.1) is 7.11 Å². The van der Waals surface area contributed by atoms with Gasteiger partial charge in [-0.15, -0.1) is 0 Å². The molecular formula is C15H20O4. The number of esters is 1. The molecule has 0 saturated carbocycles. The van der Waals surface area contributed by atoms with Gasteiger partial charge in [0.25, 0.3) is 0 Å². The summed E-state index contributed by atoms with van der Waals surface area (Å²) >= 11 is 0. The molecule has 1 unspecified atom stereocenters. The van der Waals surface area contributed by atoms with Crippen LogP contribution in [0, 0.1) is 0 Å². The SMILES string of the molecule is COC(=O)CCc1cccc2c1CC(CCCO)O2. The molecule has 1 aromatic rings. The third kappa shape index (κ3) is 3.47. The highest BCUT2D eigenvalue weighted by molar-refractivity contribution is 5.69. The molecule has 1 aromatic carbocycles. The lowest BCUT2D eigenvalue weighted by Gasteiger charge is -2.08. The van der Waals surface area contributed by atoms with E-state index in [4.69, 9.17) is 9.84 Å². The fourth-order valence-electron chi connectivity index (χ4n) is 2.46. The minimum Gasteiger partial charge on any atom is -0.490 e.